The van der Waals surface area contributed by atoms with Crippen LogP contribution in [0.2, 0.25) is 0 Å². The van der Waals surface area contributed by atoms with Gasteiger partial charge in [0.25, 0.3) is 0 Å². The molecule has 0 aliphatic heterocycles. The van der Waals surface area contributed by atoms with Crippen LogP contribution in [0.1, 0.15) is 30.0 Å². The van der Waals surface area contributed by atoms with E-state index in [1.54, 1.807) is 24.3 Å². The molecule has 3 rings (SSSR count). The average molecular weight is 418 g/mol. The highest BCUT2D eigenvalue weighted by atomic mass is 79.9. The summed E-state index contributed by atoms with van der Waals surface area (Å²) in [5, 5.41) is 5.49. The van der Waals surface area contributed by atoms with Gasteiger partial charge in [-0.3, -0.25) is 9.59 Å². The van der Waals surface area contributed by atoms with Crippen LogP contribution in [0, 0.1) is 0 Å². The summed E-state index contributed by atoms with van der Waals surface area (Å²) in [6, 6.07) is 13.7. The third-order valence-corrected chi connectivity index (χ3v) is 5.17. The molecule has 2 amide bonds. The van der Waals surface area contributed by atoms with E-state index in [0.717, 1.165) is 22.9 Å². The molecule has 1 atom stereocenters. The number of rotatable bonds is 6. The van der Waals surface area contributed by atoms with Gasteiger partial charge in [-0.05, 0) is 48.2 Å². The summed E-state index contributed by atoms with van der Waals surface area (Å²) in [6.45, 7) is 0. The van der Waals surface area contributed by atoms with Gasteiger partial charge in [-0.2, -0.15) is 5.90 Å². The molecule has 26 heavy (non-hydrogen) atoms. The number of nitrogens with two attached hydrogens (primary N) is 1. The average Bonchev–Trinajstić information content (AvgIpc) is 3.47. The number of likely N-dealkylation sites (N-methyl/N-ethyl adjacent to an activating group) is 1. The van der Waals surface area contributed by atoms with Crippen molar-refractivity contribution in [3.63, 3.8) is 0 Å². The first-order valence-corrected chi connectivity index (χ1v) is 9.05. The predicted molar refractivity (Wildman–Crippen MR) is 101 cm³/mol. The Labute approximate surface area is 160 Å². The Balaban J connectivity index is 1.87. The van der Waals surface area contributed by atoms with Gasteiger partial charge in [-0.15, -0.1) is 0 Å². The minimum atomic E-state index is -0.827. The van der Waals surface area contributed by atoms with Crippen molar-refractivity contribution in [2.24, 2.45) is 5.90 Å². The maximum Gasteiger partial charge on any atom is 0.246 e. The zero-order valence-electron chi connectivity index (χ0n) is 14.3. The molecule has 0 heterocycles. The molecule has 136 valence electrons. The fourth-order valence-electron chi connectivity index (χ4n) is 3.04. The van der Waals surface area contributed by atoms with Gasteiger partial charge in [0.2, 0.25) is 11.8 Å². The Morgan fingerprint density at radius 1 is 1.19 bits per heavy atom. The lowest BCUT2D eigenvalue weighted by molar-refractivity contribution is -0.130. The molecular formula is C19H20BrN3O3. The Kier molecular flexibility index (Phi) is 5.29. The van der Waals surface area contributed by atoms with E-state index in [0.29, 0.717) is 11.3 Å². The molecule has 1 unspecified atom stereocenters. The fraction of sp³-hybridized carbons (Fsp3) is 0.263. The third-order valence-electron chi connectivity index (χ3n) is 4.67. The first-order chi connectivity index (χ1) is 12.5. The van der Waals surface area contributed by atoms with Crippen molar-refractivity contribution in [3.8, 4) is 5.75 Å². The molecule has 0 aromatic heterocycles. The van der Waals surface area contributed by atoms with E-state index < -0.39 is 11.5 Å². The number of hydrogen-bond donors (Lipinski definition) is 3. The molecule has 2 aromatic carbocycles. The molecule has 1 aliphatic rings. The quantitative estimate of drug-likeness (QED) is 0.628. The SMILES string of the molecule is CNC(=O)C(NC(=O)C1(c2cccc(Br)c2)CC1)c1cccc(ON)c1. The number of benzene rings is 2. The number of carbonyl (C=O) groups excluding carboxylic acids is 2. The number of halogens is 1. The van der Waals surface area contributed by atoms with Crippen molar-refractivity contribution in [3.05, 3.63) is 64.1 Å². The van der Waals surface area contributed by atoms with Crippen LogP contribution >= 0.6 is 15.9 Å². The van der Waals surface area contributed by atoms with Gasteiger partial charge in [0, 0.05) is 11.5 Å². The van der Waals surface area contributed by atoms with E-state index in [2.05, 4.69) is 26.6 Å². The van der Waals surface area contributed by atoms with Gasteiger partial charge in [0.05, 0.1) is 5.41 Å². The maximum atomic E-state index is 13.0. The first-order valence-electron chi connectivity index (χ1n) is 8.25. The molecule has 0 spiro atoms. The second-order valence-electron chi connectivity index (χ2n) is 6.30. The van der Waals surface area contributed by atoms with Gasteiger partial charge >= 0.3 is 0 Å². The fourth-order valence-corrected chi connectivity index (χ4v) is 3.44. The van der Waals surface area contributed by atoms with Gasteiger partial charge in [0.1, 0.15) is 11.8 Å². The molecule has 1 aliphatic carbocycles. The largest absolute Gasteiger partial charge is 0.412 e. The molecule has 0 bridgehead atoms. The second-order valence-corrected chi connectivity index (χ2v) is 7.22. The van der Waals surface area contributed by atoms with E-state index in [4.69, 9.17) is 10.7 Å². The monoisotopic (exact) mass is 417 g/mol. The van der Waals surface area contributed by atoms with Crippen molar-refractivity contribution in [2.75, 3.05) is 7.05 Å². The van der Waals surface area contributed by atoms with Crippen LogP contribution in [0.5, 0.6) is 5.75 Å². The summed E-state index contributed by atoms with van der Waals surface area (Å²) >= 11 is 3.45. The Bertz CT molecular complexity index is 836. The second kappa shape index (κ2) is 7.47. The zero-order chi connectivity index (χ0) is 18.7. The van der Waals surface area contributed by atoms with Crippen molar-refractivity contribution < 1.29 is 14.4 Å². The molecule has 2 aromatic rings. The minimum Gasteiger partial charge on any atom is -0.412 e. The van der Waals surface area contributed by atoms with Crippen LogP contribution in [0.15, 0.2) is 53.0 Å². The summed E-state index contributed by atoms with van der Waals surface area (Å²) in [5.41, 5.74) is 0.961. The molecule has 0 radical (unpaired) electrons. The van der Waals surface area contributed by atoms with Crippen LogP contribution in [-0.4, -0.2) is 18.9 Å². The van der Waals surface area contributed by atoms with Crippen LogP contribution in [0.25, 0.3) is 0 Å². The number of hydrogen-bond acceptors (Lipinski definition) is 4. The summed E-state index contributed by atoms with van der Waals surface area (Å²) in [7, 11) is 1.53. The standard InChI is InChI=1S/C19H20BrN3O3/c1-22-17(24)16(12-4-2-7-15(10-12)26-21)23-18(25)19(8-9-19)13-5-3-6-14(20)11-13/h2-7,10-11,16H,8-9,21H2,1H3,(H,22,24)(H,23,25). The molecule has 1 saturated carbocycles. The number of nitrogens with one attached hydrogen (secondary N) is 2. The van der Waals surface area contributed by atoms with Crippen molar-refractivity contribution in [2.45, 2.75) is 24.3 Å². The Morgan fingerprint density at radius 2 is 1.92 bits per heavy atom. The van der Waals surface area contributed by atoms with E-state index in [9.17, 15) is 9.59 Å². The Morgan fingerprint density at radius 3 is 2.54 bits per heavy atom. The van der Waals surface area contributed by atoms with Gasteiger partial charge in [-0.25, -0.2) is 0 Å². The normalized spacial score (nSPS) is 15.7. The summed E-state index contributed by atoms with van der Waals surface area (Å²) in [5.74, 6) is 5.15. The summed E-state index contributed by atoms with van der Waals surface area (Å²) in [6.07, 6.45) is 1.50. The highest BCUT2D eigenvalue weighted by molar-refractivity contribution is 9.10. The zero-order valence-corrected chi connectivity index (χ0v) is 15.9. The highest BCUT2D eigenvalue weighted by Gasteiger charge is 2.52. The Hall–Kier alpha value is -2.38. The van der Waals surface area contributed by atoms with Crippen molar-refractivity contribution in [1.82, 2.24) is 10.6 Å². The van der Waals surface area contributed by atoms with Gasteiger partial charge in [-0.1, -0.05) is 40.2 Å². The first kappa shape index (κ1) is 18.4. The summed E-state index contributed by atoms with van der Waals surface area (Å²) in [4.78, 5) is 30.2. The molecule has 0 saturated heterocycles. The predicted octanol–water partition coefficient (Wildman–Crippen LogP) is 2.34. The summed E-state index contributed by atoms with van der Waals surface area (Å²) < 4.78 is 0.921. The van der Waals surface area contributed by atoms with Crippen molar-refractivity contribution >= 4 is 27.7 Å². The minimum absolute atomic E-state index is 0.164. The van der Waals surface area contributed by atoms with Crippen LogP contribution in [0.4, 0.5) is 0 Å². The molecule has 4 N–H and O–H groups in total. The third kappa shape index (κ3) is 3.59. The molecular weight excluding hydrogens is 398 g/mol. The van der Waals surface area contributed by atoms with E-state index in [-0.39, 0.29) is 11.8 Å². The van der Waals surface area contributed by atoms with E-state index >= 15 is 0 Å². The number of amides is 2. The number of carbonyl (C=O) groups is 2. The lowest BCUT2D eigenvalue weighted by Gasteiger charge is -2.22. The lowest BCUT2D eigenvalue weighted by Crippen LogP contribution is -2.43. The highest BCUT2D eigenvalue weighted by Crippen LogP contribution is 2.49. The lowest BCUT2D eigenvalue weighted by atomic mass is 9.94. The topological polar surface area (TPSA) is 93.5 Å². The smallest absolute Gasteiger partial charge is 0.246 e. The molecule has 7 heteroatoms. The molecule has 6 nitrogen and oxygen atoms in total. The van der Waals surface area contributed by atoms with Gasteiger partial charge < -0.3 is 15.5 Å². The van der Waals surface area contributed by atoms with E-state index in [1.807, 2.05) is 24.3 Å². The van der Waals surface area contributed by atoms with Crippen LogP contribution in [0.3, 0.4) is 0 Å². The molecule has 1 fully saturated rings. The van der Waals surface area contributed by atoms with Crippen LogP contribution < -0.4 is 21.4 Å². The van der Waals surface area contributed by atoms with Crippen molar-refractivity contribution in [1.29, 1.82) is 0 Å². The van der Waals surface area contributed by atoms with Crippen LogP contribution in [-0.2, 0) is 15.0 Å². The van der Waals surface area contributed by atoms with E-state index in [1.165, 1.54) is 7.05 Å². The maximum absolute atomic E-state index is 13.0. The van der Waals surface area contributed by atoms with Gasteiger partial charge in [0.15, 0.2) is 0 Å².